The second-order valence-corrected chi connectivity index (χ2v) is 5.50. The fourth-order valence-electron chi connectivity index (χ4n) is 1.79. The van der Waals surface area contributed by atoms with Gasteiger partial charge in [-0.1, -0.05) is 69.5 Å². The molecule has 0 amide bonds. The van der Waals surface area contributed by atoms with Gasteiger partial charge in [-0.25, -0.2) is 0 Å². The van der Waals surface area contributed by atoms with Gasteiger partial charge in [-0.05, 0) is 17.7 Å². The molecule has 0 radical (unpaired) electrons. The van der Waals surface area contributed by atoms with Gasteiger partial charge in [-0.3, -0.25) is 0 Å². The lowest BCUT2D eigenvalue weighted by atomic mass is 10.2. The lowest BCUT2D eigenvalue weighted by Crippen LogP contribution is -2.03. The van der Waals surface area contributed by atoms with Gasteiger partial charge in [-0.15, -0.1) is 0 Å². The number of hydrogen-bond donors (Lipinski definition) is 0. The van der Waals surface area contributed by atoms with Gasteiger partial charge in [0, 0.05) is 22.3 Å². The highest BCUT2D eigenvalue weighted by Crippen LogP contribution is 2.33. The van der Waals surface area contributed by atoms with Gasteiger partial charge in [0.1, 0.15) is 5.75 Å². The van der Waals surface area contributed by atoms with Gasteiger partial charge in [0.15, 0.2) is 0 Å². The first kappa shape index (κ1) is 14.7. The Morgan fingerprint density at radius 1 is 1.05 bits per heavy atom. The van der Waals surface area contributed by atoms with Crippen molar-refractivity contribution in [3.63, 3.8) is 0 Å². The fourth-order valence-corrected chi connectivity index (χ4v) is 2.80. The molecule has 100 valence electrons. The predicted molar refractivity (Wildman–Crippen MR) is 84.7 cm³/mol. The summed E-state index contributed by atoms with van der Waals surface area (Å²) < 4.78 is 5.80. The van der Waals surface area contributed by atoms with Gasteiger partial charge in [0.25, 0.3) is 0 Å². The standard InChI is InChI=1S/C15H13BrCl2O/c16-10-12-8-13(17)9-14(18)15(12)19-7-6-11-4-2-1-3-5-11/h1-5,8-9H,6-7,10H2. The van der Waals surface area contributed by atoms with Crippen LogP contribution in [-0.2, 0) is 11.8 Å². The van der Waals surface area contributed by atoms with E-state index in [-0.39, 0.29) is 0 Å². The molecule has 0 saturated heterocycles. The molecular weight excluding hydrogens is 347 g/mol. The maximum absolute atomic E-state index is 6.16. The van der Waals surface area contributed by atoms with Crippen LogP contribution in [0, 0.1) is 0 Å². The average Bonchev–Trinajstić information content (AvgIpc) is 2.42. The number of hydrogen-bond acceptors (Lipinski definition) is 1. The third kappa shape index (κ3) is 4.13. The van der Waals surface area contributed by atoms with E-state index in [1.54, 1.807) is 6.07 Å². The van der Waals surface area contributed by atoms with Crippen molar-refractivity contribution < 1.29 is 4.74 Å². The predicted octanol–water partition coefficient (Wildman–Crippen LogP) is 5.51. The molecule has 0 aliphatic rings. The SMILES string of the molecule is Clc1cc(Cl)c(OCCc2ccccc2)c(CBr)c1. The summed E-state index contributed by atoms with van der Waals surface area (Å²) in [4.78, 5) is 0. The number of rotatable bonds is 5. The molecule has 0 saturated carbocycles. The van der Waals surface area contributed by atoms with Crippen LogP contribution in [0.5, 0.6) is 5.75 Å². The molecule has 0 fully saturated rings. The Morgan fingerprint density at radius 3 is 2.47 bits per heavy atom. The zero-order valence-electron chi connectivity index (χ0n) is 10.2. The summed E-state index contributed by atoms with van der Waals surface area (Å²) in [6.45, 7) is 0.589. The summed E-state index contributed by atoms with van der Waals surface area (Å²) >= 11 is 15.6. The topological polar surface area (TPSA) is 9.23 Å². The molecule has 0 atom stereocenters. The molecule has 2 aromatic carbocycles. The second-order valence-electron chi connectivity index (χ2n) is 4.09. The summed E-state index contributed by atoms with van der Waals surface area (Å²) in [5.74, 6) is 0.707. The van der Waals surface area contributed by atoms with Crippen molar-refractivity contribution in [2.45, 2.75) is 11.8 Å². The normalized spacial score (nSPS) is 10.5. The highest BCUT2D eigenvalue weighted by Gasteiger charge is 2.09. The van der Waals surface area contributed by atoms with Crippen LogP contribution in [0.25, 0.3) is 0 Å². The van der Waals surface area contributed by atoms with E-state index in [9.17, 15) is 0 Å². The molecule has 0 aromatic heterocycles. The Kier molecular flexibility index (Phi) is 5.56. The van der Waals surface area contributed by atoms with E-state index >= 15 is 0 Å². The number of alkyl halides is 1. The summed E-state index contributed by atoms with van der Waals surface area (Å²) in [6.07, 6.45) is 0.849. The van der Waals surface area contributed by atoms with E-state index in [0.29, 0.717) is 27.7 Å². The van der Waals surface area contributed by atoms with E-state index < -0.39 is 0 Å². The number of halogens is 3. The molecule has 4 heteroatoms. The van der Waals surface area contributed by atoms with Crippen molar-refractivity contribution in [1.29, 1.82) is 0 Å². The van der Waals surface area contributed by atoms with Crippen molar-refractivity contribution >= 4 is 39.1 Å². The van der Waals surface area contributed by atoms with Crippen molar-refractivity contribution in [1.82, 2.24) is 0 Å². The first-order valence-electron chi connectivity index (χ1n) is 5.91. The smallest absolute Gasteiger partial charge is 0.142 e. The minimum absolute atomic E-state index is 0.551. The van der Waals surface area contributed by atoms with Crippen LogP contribution in [-0.4, -0.2) is 6.61 Å². The van der Waals surface area contributed by atoms with Crippen molar-refractivity contribution in [2.75, 3.05) is 6.61 Å². The minimum atomic E-state index is 0.551. The summed E-state index contributed by atoms with van der Waals surface area (Å²) in [5.41, 5.74) is 2.21. The van der Waals surface area contributed by atoms with Crippen LogP contribution in [0.4, 0.5) is 0 Å². The number of ether oxygens (including phenoxy) is 1. The zero-order chi connectivity index (χ0) is 13.7. The van der Waals surface area contributed by atoms with E-state index in [2.05, 4.69) is 28.1 Å². The highest BCUT2D eigenvalue weighted by atomic mass is 79.9. The Hall–Kier alpha value is -0.700. The van der Waals surface area contributed by atoms with Crippen LogP contribution in [0.2, 0.25) is 10.0 Å². The Bertz CT molecular complexity index is 543. The average molecular weight is 360 g/mol. The molecular formula is C15H13BrCl2O. The Morgan fingerprint density at radius 2 is 1.79 bits per heavy atom. The lowest BCUT2D eigenvalue weighted by Gasteiger charge is -2.12. The second kappa shape index (κ2) is 7.18. The van der Waals surface area contributed by atoms with Crippen LogP contribution < -0.4 is 4.74 Å². The Balaban J connectivity index is 2.03. The first-order valence-corrected chi connectivity index (χ1v) is 7.79. The first-order chi connectivity index (χ1) is 9.20. The van der Waals surface area contributed by atoms with Gasteiger partial charge < -0.3 is 4.74 Å². The molecule has 0 aliphatic heterocycles. The monoisotopic (exact) mass is 358 g/mol. The maximum atomic E-state index is 6.16. The molecule has 0 N–H and O–H groups in total. The van der Waals surface area contributed by atoms with Crippen LogP contribution in [0.3, 0.4) is 0 Å². The quantitative estimate of drug-likeness (QED) is 0.639. The molecule has 2 rings (SSSR count). The van der Waals surface area contributed by atoms with Crippen LogP contribution in [0.1, 0.15) is 11.1 Å². The molecule has 0 spiro atoms. The van der Waals surface area contributed by atoms with Crippen LogP contribution >= 0.6 is 39.1 Å². The molecule has 0 heterocycles. The van der Waals surface area contributed by atoms with Crippen LogP contribution in [0.15, 0.2) is 42.5 Å². The van der Waals surface area contributed by atoms with Crippen molar-refractivity contribution in [2.24, 2.45) is 0 Å². The van der Waals surface area contributed by atoms with Crippen molar-refractivity contribution in [3.8, 4) is 5.75 Å². The highest BCUT2D eigenvalue weighted by molar-refractivity contribution is 9.08. The molecule has 19 heavy (non-hydrogen) atoms. The van der Waals surface area contributed by atoms with E-state index in [4.69, 9.17) is 27.9 Å². The molecule has 0 bridgehead atoms. The third-order valence-electron chi connectivity index (χ3n) is 2.71. The van der Waals surface area contributed by atoms with Gasteiger partial charge in [0.2, 0.25) is 0 Å². The molecule has 2 aromatic rings. The van der Waals surface area contributed by atoms with Crippen molar-refractivity contribution in [3.05, 3.63) is 63.6 Å². The lowest BCUT2D eigenvalue weighted by molar-refractivity contribution is 0.320. The Labute approximate surface area is 131 Å². The summed E-state index contributed by atoms with van der Waals surface area (Å²) in [6, 6.07) is 13.8. The zero-order valence-corrected chi connectivity index (χ0v) is 13.3. The summed E-state index contributed by atoms with van der Waals surface area (Å²) in [7, 11) is 0. The van der Waals surface area contributed by atoms with Gasteiger partial charge in [-0.2, -0.15) is 0 Å². The number of benzene rings is 2. The molecule has 0 unspecified atom stereocenters. The van der Waals surface area contributed by atoms with E-state index in [0.717, 1.165) is 12.0 Å². The van der Waals surface area contributed by atoms with Gasteiger partial charge >= 0.3 is 0 Å². The largest absolute Gasteiger partial charge is 0.491 e. The maximum Gasteiger partial charge on any atom is 0.142 e. The fraction of sp³-hybridized carbons (Fsp3) is 0.200. The molecule has 1 nitrogen and oxygen atoms in total. The summed E-state index contributed by atoms with van der Waals surface area (Å²) in [5, 5.41) is 1.83. The van der Waals surface area contributed by atoms with E-state index in [1.165, 1.54) is 5.56 Å². The van der Waals surface area contributed by atoms with E-state index in [1.807, 2.05) is 24.3 Å². The third-order valence-corrected chi connectivity index (χ3v) is 3.81. The van der Waals surface area contributed by atoms with Gasteiger partial charge in [0.05, 0.1) is 11.6 Å². The molecule has 0 aliphatic carbocycles. The minimum Gasteiger partial charge on any atom is -0.491 e.